The number of ether oxygens (including phenoxy) is 3. The molecule has 3 heteroatoms. The highest BCUT2D eigenvalue weighted by atomic mass is 16.8. The summed E-state index contributed by atoms with van der Waals surface area (Å²) < 4.78 is 14.9. The average Bonchev–Trinajstić information content (AvgIpc) is 2.36. The van der Waals surface area contributed by atoms with Crippen molar-refractivity contribution >= 4 is 0 Å². The van der Waals surface area contributed by atoms with Gasteiger partial charge < -0.3 is 14.2 Å². The summed E-state index contributed by atoms with van der Waals surface area (Å²) in [6.07, 6.45) is 1.13. The number of epoxide rings is 1. The molecule has 46 valence electrons. The Morgan fingerprint density at radius 2 is 2.00 bits per heavy atom. The van der Waals surface area contributed by atoms with Gasteiger partial charge in [0.15, 0.2) is 12.6 Å². The quantitative estimate of drug-likeness (QED) is 0.479. The SMILES string of the molecule is C1CC(OC2CO2)O1. The summed E-state index contributed by atoms with van der Waals surface area (Å²) in [5, 5.41) is 0. The first-order chi connectivity index (χ1) is 3.95. The Labute approximate surface area is 47.5 Å². The van der Waals surface area contributed by atoms with Gasteiger partial charge in [0, 0.05) is 6.42 Å². The summed E-state index contributed by atoms with van der Waals surface area (Å²) in [4.78, 5) is 0. The molecule has 0 amide bonds. The first-order valence-corrected chi connectivity index (χ1v) is 2.84. The van der Waals surface area contributed by atoms with Crippen LogP contribution < -0.4 is 0 Å². The monoisotopic (exact) mass is 116 g/mol. The van der Waals surface area contributed by atoms with Gasteiger partial charge in [0.25, 0.3) is 0 Å². The molecule has 0 saturated carbocycles. The molecule has 2 unspecified atom stereocenters. The molecule has 0 aromatic rings. The maximum absolute atomic E-state index is 5.15. The van der Waals surface area contributed by atoms with Gasteiger partial charge in [-0.25, -0.2) is 0 Å². The second-order valence-electron chi connectivity index (χ2n) is 1.99. The topological polar surface area (TPSA) is 31.0 Å². The Morgan fingerprint density at radius 1 is 1.25 bits per heavy atom. The maximum Gasteiger partial charge on any atom is 0.184 e. The maximum atomic E-state index is 5.15. The van der Waals surface area contributed by atoms with Gasteiger partial charge in [-0.2, -0.15) is 0 Å². The molecule has 8 heavy (non-hydrogen) atoms. The molecule has 2 aliphatic heterocycles. The molecule has 2 heterocycles. The van der Waals surface area contributed by atoms with Crippen LogP contribution in [0.3, 0.4) is 0 Å². The minimum Gasteiger partial charge on any atom is -0.352 e. The van der Waals surface area contributed by atoms with Crippen LogP contribution in [0.15, 0.2) is 0 Å². The van der Waals surface area contributed by atoms with Crippen molar-refractivity contribution in [1.29, 1.82) is 0 Å². The number of rotatable bonds is 2. The highest BCUT2D eigenvalue weighted by Gasteiger charge is 2.30. The van der Waals surface area contributed by atoms with Crippen LogP contribution in [0, 0.1) is 0 Å². The summed E-state index contributed by atoms with van der Waals surface area (Å²) >= 11 is 0. The Morgan fingerprint density at radius 3 is 2.38 bits per heavy atom. The second-order valence-corrected chi connectivity index (χ2v) is 1.99. The van der Waals surface area contributed by atoms with Crippen molar-refractivity contribution in [3.05, 3.63) is 0 Å². The fourth-order valence-corrected chi connectivity index (χ4v) is 0.609. The van der Waals surface area contributed by atoms with E-state index in [0.29, 0.717) is 0 Å². The molecule has 0 N–H and O–H groups in total. The fraction of sp³-hybridized carbons (Fsp3) is 1.00. The molecule has 0 aromatic carbocycles. The molecule has 2 rings (SSSR count). The molecule has 3 nitrogen and oxygen atoms in total. The first kappa shape index (κ1) is 4.73. The molecule has 2 atom stereocenters. The highest BCUT2D eigenvalue weighted by molar-refractivity contribution is 4.61. The Bertz CT molecular complexity index is 85.7. The van der Waals surface area contributed by atoms with E-state index in [0.717, 1.165) is 19.6 Å². The number of hydrogen-bond donors (Lipinski definition) is 0. The zero-order valence-corrected chi connectivity index (χ0v) is 4.50. The Balaban J connectivity index is 1.66. The van der Waals surface area contributed by atoms with Crippen LogP contribution >= 0.6 is 0 Å². The molecule has 0 spiro atoms. The third kappa shape index (κ3) is 0.844. The average molecular weight is 116 g/mol. The molecular weight excluding hydrogens is 108 g/mol. The van der Waals surface area contributed by atoms with E-state index in [4.69, 9.17) is 14.2 Å². The van der Waals surface area contributed by atoms with Gasteiger partial charge in [0.2, 0.25) is 0 Å². The van der Waals surface area contributed by atoms with Crippen LogP contribution in [-0.4, -0.2) is 25.8 Å². The van der Waals surface area contributed by atoms with Crippen LogP contribution in [0.25, 0.3) is 0 Å². The highest BCUT2D eigenvalue weighted by Crippen LogP contribution is 2.20. The van der Waals surface area contributed by atoms with Crippen molar-refractivity contribution in [3.8, 4) is 0 Å². The summed E-state index contributed by atoms with van der Waals surface area (Å²) in [6, 6.07) is 0. The second kappa shape index (κ2) is 1.69. The summed E-state index contributed by atoms with van der Waals surface area (Å²) in [5.74, 6) is 0. The minimum atomic E-state index is 0.0440. The van der Waals surface area contributed by atoms with Gasteiger partial charge in [0.1, 0.15) is 6.61 Å². The first-order valence-electron chi connectivity index (χ1n) is 2.84. The molecule has 2 aliphatic rings. The van der Waals surface area contributed by atoms with Crippen molar-refractivity contribution in [1.82, 2.24) is 0 Å². The van der Waals surface area contributed by atoms with Crippen molar-refractivity contribution in [2.24, 2.45) is 0 Å². The lowest BCUT2D eigenvalue weighted by molar-refractivity contribution is -0.232. The van der Waals surface area contributed by atoms with Crippen molar-refractivity contribution in [2.45, 2.75) is 19.0 Å². The van der Waals surface area contributed by atoms with Gasteiger partial charge in [0.05, 0.1) is 6.61 Å². The van der Waals surface area contributed by atoms with E-state index in [9.17, 15) is 0 Å². The molecule has 2 saturated heterocycles. The Hall–Kier alpha value is -0.120. The van der Waals surface area contributed by atoms with Crippen molar-refractivity contribution < 1.29 is 14.2 Å². The van der Waals surface area contributed by atoms with Gasteiger partial charge >= 0.3 is 0 Å². The van der Waals surface area contributed by atoms with Crippen molar-refractivity contribution in [3.63, 3.8) is 0 Å². The van der Waals surface area contributed by atoms with Crippen LogP contribution in [0.5, 0.6) is 0 Å². The Kier molecular flexibility index (Phi) is 0.997. The minimum absolute atomic E-state index is 0.0440. The molecule has 0 aromatic heterocycles. The summed E-state index contributed by atoms with van der Waals surface area (Å²) in [6.45, 7) is 1.59. The lowest BCUT2D eigenvalue weighted by Crippen LogP contribution is -2.30. The molecule has 0 bridgehead atoms. The van der Waals surface area contributed by atoms with Gasteiger partial charge in [-0.15, -0.1) is 0 Å². The van der Waals surface area contributed by atoms with Crippen LogP contribution in [-0.2, 0) is 14.2 Å². The lowest BCUT2D eigenvalue weighted by Gasteiger charge is -2.24. The van der Waals surface area contributed by atoms with E-state index >= 15 is 0 Å². The predicted molar refractivity (Wildman–Crippen MR) is 25.2 cm³/mol. The standard InChI is InChI=1S/C5H8O3/c1-2-6-4(1)8-5-3-7-5/h4-5H,1-3H2. The van der Waals surface area contributed by atoms with E-state index in [2.05, 4.69) is 0 Å². The van der Waals surface area contributed by atoms with E-state index in [1.165, 1.54) is 0 Å². The van der Waals surface area contributed by atoms with Crippen molar-refractivity contribution in [2.75, 3.05) is 13.2 Å². The third-order valence-corrected chi connectivity index (χ3v) is 1.26. The summed E-state index contributed by atoms with van der Waals surface area (Å²) in [7, 11) is 0. The fourth-order valence-electron chi connectivity index (χ4n) is 0.609. The zero-order chi connectivity index (χ0) is 5.40. The number of hydrogen-bond acceptors (Lipinski definition) is 3. The van der Waals surface area contributed by atoms with E-state index in [1.54, 1.807) is 0 Å². The van der Waals surface area contributed by atoms with Crippen LogP contribution in [0.1, 0.15) is 6.42 Å². The van der Waals surface area contributed by atoms with Crippen LogP contribution in [0.4, 0.5) is 0 Å². The zero-order valence-electron chi connectivity index (χ0n) is 4.50. The van der Waals surface area contributed by atoms with Crippen LogP contribution in [0.2, 0.25) is 0 Å². The normalized spacial score (nSPS) is 43.5. The largest absolute Gasteiger partial charge is 0.352 e. The van der Waals surface area contributed by atoms with E-state index in [-0.39, 0.29) is 12.6 Å². The van der Waals surface area contributed by atoms with Gasteiger partial charge in [-0.05, 0) is 0 Å². The van der Waals surface area contributed by atoms with Gasteiger partial charge in [-0.1, -0.05) is 0 Å². The van der Waals surface area contributed by atoms with E-state index in [1.807, 2.05) is 0 Å². The summed E-state index contributed by atoms with van der Waals surface area (Å²) in [5.41, 5.74) is 0. The molecule has 0 radical (unpaired) electrons. The van der Waals surface area contributed by atoms with E-state index < -0.39 is 0 Å². The smallest absolute Gasteiger partial charge is 0.184 e. The third-order valence-electron chi connectivity index (χ3n) is 1.26. The molecule has 0 aliphatic carbocycles. The van der Waals surface area contributed by atoms with Gasteiger partial charge in [-0.3, -0.25) is 0 Å². The molecule has 2 fully saturated rings. The lowest BCUT2D eigenvalue weighted by atomic mass is 10.3. The predicted octanol–water partition coefficient (Wildman–Crippen LogP) is 0.106. The molecular formula is C5H8O3.